The van der Waals surface area contributed by atoms with Crippen molar-refractivity contribution in [3.05, 3.63) is 82.1 Å². The molecular formula is C30H27ClF2N4O4. The highest BCUT2D eigenvalue weighted by atomic mass is 35.5. The van der Waals surface area contributed by atoms with E-state index in [1.165, 1.54) is 18.2 Å². The summed E-state index contributed by atoms with van der Waals surface area (Å²) < 4.78 is 29.2. The number of nitrogens with zero attached hydrogens (tertiary/aromatic N) is 2. The summed E-state index contributed by atoms with van der Waals surface area (Å²) in [4.78, 5) is 44.4. The van der Waals surface area contributed by atoms with Crippen molar-refractivity contribution >= 4 is 46.3 Å². The molecule has 2 aliphatic rings. The van der Waals surface area contributed by atoms with Gasteiger partial charge in [0.2, 0.25) is 11.8 Å². The van der Waals surface area contributed by atoms with E-state index in [9.17, 15) is 28.3 Å². The van der Waals surface area contributed by atoms with Gasteiger partial charge in [0.05, 0.1) is 33.6 Å². The third-order valence-electron chi connectivity index (χ3n) is 7.62. The van der Waals surface area contributed by atoms with Gasteiger partial charge < -0.3 is 21.1 Å². The number of aromatic carboxylic acids is 1. The predicted molar refractivity (Wildman–Crippen MR) is 151 cm³/mol. The minimum Gasteiger partial charge on any atom is -0.478 e. The molecule has 2 bridgehead atoms. The number of nitrogens with two attached hydrogens (primary N) is 1. The van der Waals surface area contributed by atoms with Gasteiger partial charge in [0.15, 0.2) is 5.82 Å². The first-order valence-electron chi connectivity index (χ1n) is 13.1. The number of hydrogen-bond donors (Lipinski definition) is 3. The minimum absolute atomic E-state index is 0.0116. The number of carboxylic acid groups (broad SMARTS) is 1. The lowest BCUT2D eigenvalue weighted by molar-refractivity contribution is -0.129. The van der Waals surface area contributed by atoms with Gasteiger partial charge in [0, 0.05) is 36.0 Å². The number of halogens is 3. The second-order valence-corrected chi connectivity index (χ2v) is 10.7. The molecule has 41 heavy (non-hydrogen) atoms. The molecule has 8 nitrogen and oxygen atoms in total. The fraction of sp³-hybridized carbons (Fsp3) is 0.267. The molecule has 2 aliphatic heterocycles. The molecule has 0 fully saturated rings. The summed E-state index contributed by atoms with van der Waals surface area (Å²) in [6.07, 6.45) is 4.57. The monoisotopic (exact) mass is 580 g/mol. The van der Waals surface area contributed by atoms with Crippen LogP contribution in [0.4, 0.5) is 20.2 Å². The average Bonchev–Trinajstić information content (AvgIpc) is 2.93. The maximum Gasteiger partial charge on any atom is 0.337 e. The van der Waals surface area contributed by atoms with Crippen molar-refractivity contribution in [3.8, 4) is 11.1 Å². The molecule has 5 rings (SSSR count). The summed E-state index contributed by atoms with van der Waals surface area (Å²) in [5.74, 6) is -3.98. The Morgan fingerprint density at radius 1 is 1.17 bits per heavy atom. The largest absolute Gasteiger partial charge is 0.478 e. The molecule has 4 N–H and O–H groups in total. The van der Waals surface area contributed by atoms with Crippen LogP contribution < -0.4 is 11.1 Å². The van der Waals surface area contributed by atoms with Gasteiger partial charge in [-0.2, -0.15) is 0 Å². The van der Waals surface area contributed by atoms with Gasteiger partial charge in [0.1, 0.15) is 5.82 Å². The number of rotatable bonds is 3. The molecule has 11 heteroatoms. The van der Waals surface area contributed by atoms with Crippen LogP contribution in [-0.4, -0.2) is 39.3 Å². The van der Waals surface area contributed by atoms with E-state index in [4.69, 9.17) is 17.3 Å². The molecule has 0 radical (unpaired) electrons. The highest BCUT2D eigenvalue weighted by Crippen LogP contribution is 2.38. The predicted octanol–water partition coefficient (Wildman–Crippen LogP) is 6.08. The van der Waals surface area contributed by atoms with Crippen LogP contribution in [0.1, 0.15) is 60.3 Å². The van der Waals surface area contributed by atoms with Crippen LogP contribution in [0.15, 0.2) is 48.7 Å². The van der Waals surface area contributed by atoms with Crippen LogP contribution in [0, 0.1) is 17.6 Å². The summed E-state index contributed by atoms with van der Waals surface area (Å²) in [6.45, 7) is 1.97. The zero-order valence-electron chi connectivity index (χ0n) is 22.1. The molecule has 2 amide bonds. The molecule has 0 saturated carbocycles. The van der Waals surface area contributed by atoms with E-state index in [1.807, 2.05) is 0 Å². The molecule has 0 saturated heterocycles. The van der Waals surface area contributed by atoms with Crippen molar-refractivity contribution in [2.24, 2.45) is 5.92 Å². The number of anilines is 2. The number of carboxylic acids is 1. The number of nitrogens with one attached hydrogen (secondary N) is 1. The summed E-state index contributed by atoms with van der Waals surface area (Å²) in [5.41, 5.74) is 7.74. The van der Waals surface area contributed by atoms with Crippen molar-refractivity contribution in [1.82, 2.24) is 9.88 Å². The molecule has 2 aromatic carbocycles. The lowest BCUT2D eigenvalue weighted by atomic mass is 9.92. The Bertz CT molecular complexity index is 1610. The molecule has 3 aromatic rings. The van der Waals surface area contributed by atoms with E-state index in [2.05, 4.69) is 10.3 Å². The normalized spacial score (nSPS) is 19.4. The van der Waals surface area contributed by atoms with Crippen LogP contribution in [0.25, 0.3) is 16.7 Å². The first-order valence-corrected chi connectivity index (χ1v) is 13.5. The standard InChI is InChI=1S/C30H27ClF2N4O4/c1-15-3-2-4-25(37-10-8-17(12-26(37)38)27-21(32)6-5-20(31)28(27)33)24-11-16(7-9-35-24)18-13-19(30(40)41)22(34)14-23(18)36-29(15)39/h5-7,9,11-15,25H,2-4,8,10,34H2,1H3,(H,36,39)(H,40,41)/t15-,25+/m1/s1. The van der Waals surface area contributed by atoms with E-state index in [1.54, 1.807) is 30.2 Å². The van der Waals surface area contributed by atoms with Crippen molar-refractivity contribution in [3.63, 3.8) is 0 Å². The number of hydrogen-bond acceptors (Lipinski definition) is 5. The summed E-state index contributed by atoms with van der Waals surface area (Å²) in [7, 11) is 0. The second kappa shape index (κ2) is 11.3. The van der Waals surface area contributed by atoms with Gasteiger partial charge >= 0.3 is 5.97 Å². The number of fused-ring (bicyclic) bond motifs is 4. The maximum atomic E-state index is 14.7. The van der Waals surface area contributed by atoms with Gasteiger partial charge in [-0.3, -0.25) is 14.6 Å². The quantitative estimate of drug-likeness (QED) is 0.255. The van der Waals surface area contributed by atoms with Crippen LogP contribution >= 0.6 is 11.6 Å². The number of pyridine rings is 1. The van der Waals surface area contributed by atoms with Gasteiger partial charge in [-0.15, -0.1) is 0 Å². The van der Waals surface area contributed by atoms with Gasteiger partial charge in [-0.1, -0.05) is 24.9 Å². The SMILES string of the molecule is C[C@@H]1CCC[C@H](N2CCC(c3c(F)ccc(Cl)c3F)=CC2=O)c2cc(ccn2)-c2cc(C(=O)O)c(N)cc2NC1=O. The Morgan fingerprint density at radius 2 is 1.95 bits per heavy atom. The fourth-order valence-corrected chi connectivity index (χ4v) is 5.55. The highest BCUT2D eigenvalue weighted by Gasteiger charge is 2.31. The Balaban J connectivity index is 1.57. The van der Waals surface area contributed by atoms with Gasteiger partial charge in [-0.25, -0.2) is 13.6 Å². The first-order chi connectivity index (χ1) is 19.5. The Morgan fingerprint density at radius 3 is 2.68 bits per heavy atom. The highest BCUT2D eigenvalue weighted by molar-refractivity contribution is 6.31. The Hall–Kier alpha value is -4.31. The zero-order valence-corrected chi connectivity index (χ0v) is 22.8. The molecular weight excluding hydrogens is 554 g/mol. The Labute approximate surface area is 239 Å². The molecule has 2 atom stereocenters. The third kappa shape index (κ3) is 5.52. The smallest absolute Gasteiger partial charge is 0.337 e. The number of carbonyl (C=O) groups excluding carboxylic acids is 2. The third-order valence-corrected chi connectivity index (χ3v) is 7.91. The van der Waals surface area contributed by atoms with E-state index >= 15 is 0 Å². The molecule has 3 heterocycles. The average molecular weight is 581 g/mol. The van der Waals surface area contributed by atoms with Gasteiger partial charge in [0.25, 0.3) is 0 Å². The number of benzene rings is 2. The molecule has 0 aliphatic carbocycles. The number of carbonyl (C=O) groups is 3. The zero-order chi connectivity index (χ0) is 29.4. The van der Waals surface area contributed by atoms with Gasteiger partial charge in [-0.05, 0) is 66.8 Å². The van der Waals surface area contributed by atoms with Crippen molar-refractivity contribution in [1.29, 1.82) is 0 Å². The summed E-state index contributed by atoms with van der Waals surface area (Å²) >= 11 is 5.87. The van der Waals surface area contributed by atoms with Crippen LogP contribution in [0.2, 0.25) is 5.02 Å². The van der Waals surface area contributed by atoms with Crippen molar-refractivity contribution < 1.29 is 28.3 Å². The van der Waals surface area contributed by atoms with Crippen molar-refractivity contribution in [2.45, 2.75) is 38.6 Å². The number of aromatic nitrogens is 1. The second-order valence-electron chi connectivity index (χ2n) is 10.3. The van der Waals surface area contributed by atoms with E-state index in [-0.39, 0.29) is 52.2 Å². The van der Waals surface area contributed by atoms with Crippen LogP contribution in [0.3, 0.4) is 0 Å². The lowest BCUT2D eigenvalue weighted by Gasteiger charge is -2.34. The lowest BCUT2D eigenvalue weighted by Crippen LogP contribution is -2.38. The van der Waals surface area contributed by atoms with E-state index in [0.29, 0.717) is 41.8 Å². The Kier molecular flexibility index (Phi) is 7.77. The summed E-state index contributed by atoms with van der Waals surface area (Å²) in [5, 5.41) is 12.3. The molecule has 0 spiro atoms. The minimum atomic E-state index is -1.21. The van der Waals surface area contributed by atoms with Crippen molar-refractivity contribution in [2.75, 3.05) is 17.6 Å². The van der Waals surface area contributed by atoms with E-state index < -0.39 is 29.6 Å². The molecule has 212 valence electrons. The van der Waals surface area contributed by atoms with Crippen LogP contribution in [0.5, 0.6) is 0 Å². The molecule has 0 unspecified atom stereocenters. The number of nitrogen functional groups attached to an aromatic ring is 1. The maximum absolute atomic E-state index is 14.7. The fourth-order valence-electron chi connectivity index (χ4n) is 5.39. The first kappa shape index (κ1) is 28.2. The van der Waals surface area contributed by atoms with Crippen LogP contribution in [-0.2, 0) is 9.59 Å². The molecule has 1 aromatic heterocycles. The topological polar surface area (TPSA) is 126 Å². The summed E-state index contributed by atoms with van der Waals surface area (Å²) in [6, 6.07) is 7.98. The van der Waals surface area contributed by atoms with E-state index in [0.717, 1.165) is 12.1 Å². The number of amides is 2.